The van der Waals surface area contributed by atoms with Crippen molar-refractivity contribution in [2.45, 2.75) is 26.3 Å². The van der Waals surface area contributed by atoms with Crippen molar-refractivity contribution >= 4 is 11.9 Å². The molecule has 0 bridgehead atoms. The van der Waals surface area contributed by atoms with Gasteiger partial charge in [0.1, 0.15) is 0 Å². The second-order valence-corrected chi connectivity index (χ2v) is 7.98. The molecule has 0 fully saturated rings. The van der Waals surface area contributed by atoms with Crippen molar-refractivity contribution in [3.63, 3.8) is 0 Å². The van der Waals surface area contributed by atoms with E-state index in [2.05, 4.69) is 22.5 Å². The summed E-state index contributed by atoms with van der Waals surface area (Å²) in [7, 11) is 0. The summed E-state index contributed by atoms with van der Waals surface area (Å²) in [6.45, 7) is 3.92. The molecule has 172 valence electrons. The first-order valence-corrected chi connectivity index (χ1v) is 11.3. The van der Waals surface area contributed by atoms with Gasteiger partial charge in [0.25, 0.3) is 5.91 Å². The van der Waals surface area contributed by atoms with Crippen molar-refractivity contribution in [2.24, 2.45) is 0 Å². The molecular weight excluding hydrogens is 426 g/mol. The molecule has 6 heteroatoms. The van der Waals surface area contributed by atoms with Gasteiger partial charge in [0.15, 0.2) is 5.69 Å². The van der Waals surface area contributed by atoms with Crippen LogP contribution in [0.3, 0.4) is 0 Å². The molecular formula is C28H27N3O3. The number of rotatable bonds is 8. The summed E-state index contributed by atoms with van der Waals surface area (Å²) in [6, 6.07) is 28.8. The molecule has 0 aliphatic carbocycles. The number of esters is 1. The van der Waals surface area contributed by atoms with Crippen LogP contribution in [0, 0.1) is 6.92 Å². The van der Waals surface area contributed by atoms with Crippen molar-refractivity contribution in [3.8, 4) is 5.69 Å². The summed E-state index contributed by atoms with van der Waals surface area (Å²) in [4.78, 5) is 25.1. The van der Waals surface area contributed by atoms with Crippen LogP contribution in [-0.2, 0) is 11.2 Å². The number of nitrogens with zero attached hydrogens (tertiary/aromatic N) is 2. The molecule has 0 spiro atoms. The van der Waals surface area contributed by atoms with Crippen molar-refractivity contribution in [3.05, 3.63) is 119 Å². The number of ether oxygens (including phenoxy) is 1. The van der Waals surface area contributed by atoms with Crippen LogP contribution in [-0.4, -0.2) is 28.3 Å². The molecule has 0 saturated heterocycles. The van der Waals surface area contributed by atoms with Crippen molar-refractivity contribution in [1.82, 2.24) is 15.1 Å². The minimum Gasteiger partial charge on any atom is -0.461 e. The van der Waals surface area contributed by atoms with E-state index >= 15 is 0 Å². The molecule has 6 nitrogen and oxygen atoms in total. The lowest BCUT2D eigenvalue weighted by Gasteiger charge is -2.20. The van der Waals surface area contributed by atoms with E-state index < -0.39 is 5.97 Å². The van der Waals surface area contributed by atoms with Crippen LogP contribution < -0.4 is 5.32 Å². The largest absolute Gasteiger partial charge is 0.461 e. The van der Waals surface area contributed by atoms with E-state index in [1.165, 1.54) is 0 Å². The molecule has 4 aromatic rings. The van der Waals surface area contributed by atoms with E-state index in [1.54, 1.807) is 29.8 Å². The van der Waals surface area contributed by atoms with Gasteiger partial charge in [-0.05, 0) is 61.7 Å². The minimum atomic E-state index is -0.453. The molecule has 1 aromatic heterocycles. The highest BCUT2D eigenvalue weighted by molar-refractivity contribution is 5.94. The fourth-order valence-corrected chi connectivity index (χ4v) is 3.82. The number of hydrogen-bond acceptors (Lipinski definition) is 4. The second-order valence-electron chi connectivity index (χ2n) is 7.98. The molecule has 0 aliphatic heterocycles. The summed E-state index contributed by atoms with van der Waals surface area (Å²) in [6.07, 6.45) is 0.692. The monoisotopic (exact) mass is 453 g/mol. The Morgan fingerprint density at radius 3 is 2.24 bits per heavy atom. The van der Waals surface area contributed by atoms with Gasteiger partial charge >= 0.3 is 5.97 Å². The molecule has 0 saturated carbocycles. The number of hydrogen-bond donors (Lipinski definition) is 1. The molecule has 0 radical (unpaired) electrons. The van der Waals surface area contributed by atoms with Gasteiger partial charge < -0.3 is 10.1 Å². The highest BCUT2D eigenvalue weighted by atomic mass is 16.5. The number of carbonyl (C=O) groups excluding carboxylic acids is 2. The summed E-state index contributed by atoms with van der Waals surface area (Å²) < 4.78 is 6.69. The quantitative estimate of drug-likeness (QED) is 0.378. The zero-order valence-corrected chi connectivity index (χ0v) is 19.3. The maximum atomic E-state index is 13.1. The third kappa shape index (κ3) is 5.41. The smallest absolute Gasteiger partial charge is 0.358 e. The Hall–Kier alpha value is -4.19. The van der Waals surface area contributed by atoms with E-state index in [1.807, 2.05) is 67.6 Å². The normalized spacial score (nSPS) is 11.6. The van der Waals surface area contributed by atoms with Crippen molar-refractivity contribution in [1.29, 1.82) is 0 Å². The first-order chi connectivity index (χ1) is 16.5. The molecule has 4 rings (SSSR count). The highest BCUT2D eigenvalue weighted by Crippen LogP contribution is 2.20. The molecule has 0 aliphatic rings. The van der Waals surface area contributed by atoms with Gasteiger partial charge in [0.2, 0.25) is 0 Å². The van der Waals surface area contributed by atoms with Crippen LogP contribution in [0.15, 0.2) is 91.0 Å². The topological polar surface area (TPSA) is 73.2 Å². The second kappa shape index (κ2) is 10.6. The fourth-order valence-electron chi connectivity index (χ4n) is 3.82. The van der Waals surface area contributed by atoms with Crippen molar-refractivity contribution in [2.75, 3.05) is 6.61 Å². The van der Waals surface area contributed by atoms with E-state index in [0.717, 1.165) is 22.5 Å². The zero-order valence-electron chi connectivity index (χ0n) is 19.3. The first-order valence-electron chi connectivity index (χ1n) is 11.3. The van der Waals surface area contributed by atoms with Crippen LogP contribution >= 0.6 is 0 Å². The maximum absolute atomic E-state index is 13.1. The van der Waals surface area contributed by atoms with Crippen LogP contribution in [0.1, 0.15) is 50.6 Å². The first kappa shape index (κ1) is 23.0. The number of aryl methyl sites for hydroxylation is 1. The fraction of sp³-hybridized carbons (Fsp3) is 0.179. The van der Waals surface area contributed by atoms with E-state index in [4.69, 9.17) is 4.74 Å². The van der Waals surface area contributed by atoms with Crippen LogP contribution in [0.25, 0.3) is 5.69 Å². The van der Waals surface area contributed by atoms with Crippen LogP contribution in [0.2, 0.25) is 0 Å². The number of aromatic nitrogens is 2. The lowest BCUT2D eigenvalue weighted by Crippen LogP contribution is -2.30. The minimum absolute atomic E-state index is 0.152. The van der Waals surface area contributed by atoms with Crippen molar-refractivity contribution < 1.29 is 14.3 Å². The Bertz CT molecular complexity index is 1250. The number of carbonyl (C=O) groups is 2. The molecule has 1 amide bonds. The summed E-state index contributed by atoms with van der Waals surface area (Å²) >= 11 is 0. The third-order valence-electron chi connectivity index (χ3n) is 5.54. The average molecular weight is 454 g/mol. The SMILES string of the molecule is CCOC(=O)c1cc(C)n(-c2ccc(C(=O)N[C@@H](Cc3ccccc3)c3ccccc3)cc2)n1. The molecule has 0 unspecified atom stereocenters. The third-order valence-corrected chi connectivity index (χ3v) is 5.54. The lowest BCUT2D eigenvalue weighted by atomic mass is 9.98. The number of amides is 1. The maximum Gasteiger partial charge on any atom is 0.358 e. The van der Waals surface area contributed by atoms with Gasteiger partial charge in [-0.1, -0.05) is 60.7 Å². The standard InChI is InChI=1S/C28H27N3O3/c1-3-34-28(33)26-18-20(2)31(30-26)24-16-14-23(15-17-24)27(32)29-25(22-12-8-5-9-13-22)19-21-10-6-4-7-11-21/h4-18,25H,3,19H2,1-2H3,(H,29,32)/t25-/m0/s1. The summed E-state index contributed by atoms with van der Waals surface area (Å²) in [5.41, 5.74) is 4.57. The molecule has 1 atom stereocenters. The molecule has 3 aromatic carbocycles. The summed E-state index contributed by atoms with van der Waals surface area (Å²) in [5.74, 6) is -0.605. The number of nitrogens with one attached hydrogen (secondary N) is 1. The Balaban J connectivity index is 1.52. The predicted molar refractivity (Wildman–Crippen MR) is 131 cm³/mol. The Labute approximate surface area is 199 Å². The Morgan fingerprint density at radius 2 is 1.59 bits per heavy atom. The van der Waals surface area contributed by atoms with E-state index in [9.17, 15) is 9.59 Å². The van der Waals surface area contributed by atoms with Gasteiger partial charge in [-0.2, -0.15) is 5.10 Å². The molecule has 1 N–H and O–H groups in total. The highest BCUT2D eigenvalue weighted by Gasteiger charge is 2.18. The Kier molecular flexibility index (Phi) is 7.18. The number of benzene rings is 3. The van der Waals surface area contributed by atoms with Crippen LogP contribution in [0.4, 0.5) is 0 Å². The molecule has 34 heavy (non-hydrogen) atoms. The van der Waals surface area contributed by atoms with Crippen LogP contribution in [0.5, 0.6) is 0 Å². The predicted octanol–water partition coefficient (Wildman–Crippen LogP) is 5.07. The van der Waals surface area contributed by atoms with Gasteiger partial charge in [-0.15, -0.1) is 0 Å². The van der Waals surface area contributed by atoms with Gasteiger partial charge in [-0.25, -0.2) is 9.48 Å². The van der Waals surface area contributed by atoms with Gasteiger partial charge in [0, 0.05) is 11.3 Å². The molecule has 1 heterocycles. The van der Waals surface area contributed by atoms with E-state index in [-0.39, 0.29) is 17.6 Å². The Morgan fingerprint density at radius 1 is 0.941 bits per heavy atom. The van der Waals surface area contributed by atoms with E-state index in [0.29, 0.717) is 18.6 Å². The lowest BCUT2D eigenvalue weighted by molar-refractivity contribution is 0.0518. The summed E-state index contributed by atoms with van der Waals surface area (Å²) in [5, 5.41) is 7.53. The van der Waals surface area contributed by atoms with Gasteiger partial charge in [0.05, 0.1) is 18.3 Å². The average Bonchev–Trinajstić information content (AvgIpc) is 3.27. The van der Waals surface area contributed by atoms with Gasteiger partial charge in [-0.3, -0.25) is 4.79 Å². The zero-order chi connectivity index (χ0) is 23.9.